The zero-order chi connectivity index (χ0) is 17.4. The highest BCUT2D eigenvalue weighted by atomic mass is 16.5. The van der Waals surface area contributed by atoms with E-state index in [1.807, 2.05) is 24.3 Å². The van der Waals surface area contributed by atoms with Gasteiger partial charge in [0, 0.05) is 18.4 Å². The van der Waals surface area contributed by atoms with Gasteiger partial charge in [0.15, 0.2) is 12.4 Å². The molecule has 0 radical (unpaired) electrons. The molecule has 5 nitrogen and oxygen atoms in total. The molecule has 0 unspecified atom stereocenters. The molecule has 0 saturated heterocycles. The van der Waals surface area contributed by atoms with Crippen molar-refractivity contribution in [1.82, 2.24) is 0 Å². The number of ketones is 1. The summed E-state index contributed by atoms with van der Waals surface area (Å²) in [5.74, 6) is 0.373. The van der Waals surface area contributed by atoms with Gasteiger partial charge < -0.3 is 14.8 Å². The summed E-state index contributed by atoms with van der Waals surface area (Å²) in [6.45, 7) is 2.10. The van der Waals surface area contributed by atoms with Gasteiger partial charge in [0.25, 0.3) is 5.91 Å². The highest BCUT2D eigenvalue weighted by Gasteiger charge is 2.05. The summed E-state index contributed by atoms with van der Waals surface area (Å²) in [6, 6.07) is 14.3. The fraction of sp³-hybridized carbons (Fsp3) is 0.263. The second-order valence-corrected chi connectivity index (χ2v) is 5.36. The molecule has 0 aliphatic carbocycles. The standard InChI is InChI=1S/C19H21NO4/c1-14(21)16-5-7-17(8-6-16)20-19(22)13-24-18-9-3-15(4-10-18)11-12-23-2/h3-10H,11-13H2,1-2H3,(H,20,22). The van der Waals surface area contributed by atoms with Crippen LogP contribution in [0.3, 0.4) is 0 Å². The first-order chi connectivity index (χ1) is 11.6. The van der Waals surface area contributed by atoms with Gasteiger partial charge in [0.1, 0.15) is 5.75 Å². The first kappa shape index (κ1) is 17.7. The van der Waals surface area contributed by atoms with E-state index in [9.17, 15) is 9.59 Å². The van der Waals surface area contributed by atoms with Crippen LogP contribution < -0.4 is 10.1 Å². The van der Waals surface area contributed by atoms with Crippen LogP contribution in [0.15, 0.2) is 48.5 Å². The van der Waals surface area contributed by atoms with Crippen molar-refractivity contribution in [2.75, 3.05) is 25.6 Å². The molecule has 0 saturated carbocycles. The van der Waals surface area contributed by atoms with Gasteiger partial charge in [-0.05, 0) is 55.3 Å². The number of nitrogens with one attached hydrogen (secondary N) is 1. The van der Waals surface area contributed by atoms with E-state index in [2.05, 4.69) is 5.32 Å². The first-order valence-corrected chi connectivity index (χ1v) is 7.70. The molecule has 0 heterocycles. The van der Waals surface area contributed by atoms with Gasteiger partial charge in [-0.1, -0.05) is 12.1 Å². The van der Waals surface area contributed by atoms with Crippen LogP contribution in [0.25, 0.3) is 0 Å². The van der Waals surface area contributed by atoms with E-state index in [0.717, 1.165) is 12.0 Å². The zero-order valence-corrected chi connectivity index (χ0v) is 13.9. The van der Waals surface area contributed by atoms with Crippen LogP contribution in [0.2, 0.25) is 0 Å². The third-order valence-corrected chi connectivity index (χ3v) is 3.46. The van der Waals surface area contributed by atoms with Gasteiger partial charge >= 0.3 is 0 Å². The lowest BCUT2D eigenvalue weighted by Crippen LogP contribution is -2.20. The van der Waals surface area contributed by atoms with Crippen molar-refractivity contribution < 1.29 is 19.1 Å². The van der Waals surface area contributed by atoms with E-state index in [1.165, 1.54) is 6.92 Å². The number of hydrogen-bond acceptors (Lipinski definition) is 4. The topological polar surface area (TPSA) is 64.6 Å². The minimum Gasteiger partial charge on any atom is -0.484 e. The normalized spacial score (nSPS) is 10.2. The van der Waals surface area contributed by atoms with Gasteiger partial charge in [-0.2, -0.15) is 0 Å². The van der Waals surface area contributed by atoms with Crippen LogP contribution in [-0.2, 0) is 16.0 Å². The van der Waals surface area contributed by atoms with Gasteiger partial charge in [0.2, 0.25) is 0 Å². The molecular weight excluding hydrogens is 306 g/mol. The molecular formula is C19H21NO4. The number of rotatable bonds is 8. The minimum atomic E-state index is -0.256. The largest absolute Gasteiger partial charge is 0.484 e. The Morgan fingerprint density at radius 2 is 1.67 bits per heavy atom. The van der Waals surface area contributed by atoms with Crippen LogP contribution in [-0.4, -0.2) is 32.0 Å². The molecule has 0 aromatic heterocycles. The summed E-state index contributed by atoms with van der Waals surface area (Å²) in [4.78, 5) is 23.1. The Bertz CT molecular complexity index is 678. The molecule has 1 N–H and O–H groups in total. The lowest BCUT2D eigenvalue weighted by atomic mass is 10.1. The number of methoxy groups -OCH3 is 1. The summed E-state index contributed by atoms with van der Waals surface area (Å²) in [5, 5.41) is 2.73. The van der Waals surface area contributed by atoms with Crippen molar-refractivity contribution in [2.24, 2.45) is 0 Å². The Hall–Kier alpha value is -2.66. The number of benzene rings is 2. The predicted molar refractivity (Wildman–Crippen MR) is 92.6 cm³/mol. The van der Waals surface area contributed by atoms with Crippen molar-refractivity contribution in [1.29, 1.82) is 0 Å². The third-order valence-electron chi connectivity index (χ3n) is 3.46. The van der Waals surface area contributed by atoms with Gasteiger partial charge in [0.05, 0.1) is 6.61 Å². The van der Waals surface area contributed by atoms with Crippen molar-refractivity contribution in [2.45, 2.75) is 13.3 Å². The van der Waals surface area contributed by atoms with E-state index in [0.29, 0.717) is 23.6 Å². The number of carbonyl (C=O) groups is 2. The summed E-state index contributed by atoms with van der Waals surface area (Å²) >= 11 is 0. The predicted octanol–water partition coefficient (Wildman–Crippen LogP) is 3.10. The number of Topliss-reactive ketones (excluding diaryl/α,β-unsaturated/α-hetero) is 1. The number of carbonyl (C=O) groups excluding carboxylic acids is 2. The Morgan fingerprint density at radius 1 is 1.00 bits per heavy atom. The van der Waals surface area contributed by atoms with Crippen molar-refractivity contribution in [3.8, 4) is 5.75 Å². The van der Waals surface area contributed by atoms with Crippen molar-refractivity contribution in [3.05, 3.63) is 59.7 Å². The Labute approximate surface area is 141 Å². The van der Waals surface area contributed by atoms with E-state index in [4.69, 9.17) is 9.47 Å². The second kappa shape index (κ2) is 8.84. The molecule has 0 atom stereocenters. The summed E-state index contributed by atoms with van der Waals surface area (Å²) < 4.78 is 10.5. The smallest absolute Gasteiger partial charge is 0.262 e. The second-order valence-electron chi connectivity index (χ2n) is 5.36. The maximum absolute atomic E-state index is 11.9. The van der Waals surface area contributed by atoms with Gasteiger partial charge in [-0.25, -0.2) is 0 Å². The molecule has 0 fully saturated rings. The molecule has 0 spiro atoms. The molecule has 24 heavy (non-hydrogen) atoms. The van der Waals surface area contributed by atoms with Gasteiger partial charge in [-0.3, -0.25) is 9.59 Å². The molecule has 1 amide bonds. The average Bonchev–Trinajstić information content (AvgIpc) is 2.59. The lowest BCUT2D eigenvalue weighted by molar-refractivity contribution is -0.118. The zero-order valence-electron chi connectivity index (χ0n) is 13.9. The van der Waals surface area contributed by atoms with Crippen molar-refractivity contribution >= 4 is 17.4 Å². The maximum atomic E-state index is 11.9. The Kier molecular flexibility index (Phi) is 6.51. The van der Waals surface area contributed by atoms with Crippen LogP contribution in [0.1, 0.15) is 22.8 Å². The fourth-order valence-electron chi connectivity index (χ4n) is 2.11. The molecule has 2 aromatic rings. The summed E-state index contributed by atoms with van der Waals surface area (Å²) in [5.41, 5.74) is 2.39. The molecule has 0 aliphatic heterocycles. The molecule has 2 aromatic carbocycles. The van der Waals surface area contributed by atoms with E-state index >= 15 is 0 Å². The van der Waals surface area contributed by atoms with E-state index in [1.54, 1.807) is 31.4 Å². The van der Waals surface area contributed by atoms with Gasteiger partial charge in [-0.15, -0.1) is 0 Å². The first-order valence-electron chi connectivity index (χ1n) is 7.70. The van der Waals surface area contributed by atoms with E-state index < -0.39 is 0 Å². The Morgan fingerprint density at radius 3 is 2.25 bits per heavy atom. The number of amides is 1. The molecule has 126 valence electrons. The highest BCUT2D eigenvalue weighted by molar-refractivity contribution is 5.95. The lowest BCUT2D eigenvalue weighted by Gasteiger charge is -2.08. The number of anilines is 1. The quantitative estimate of drug-likeness (QED) is 0.757. The molecule has 0 aliphatic rings. The molecule has 5 heteroatoms. The van der Waals surface area contributed by atoms with Crippen LogP contribution >= 0.6 is 0 Å². The van der Waals surface area contributed by atoms with Crippen molar-refractivity contribution in [3.63, 3.8) is 0 Å². The number of hydrogen-bond donors (Lipinski definition) is 1. The fourth-order valence-corrected chi connectivity index (χ4v) is 2.11. The number of ether oxygens (including phenoxy) is 2. The third kappa shape index (κ3) is 5.52. The maximum Gasteiger partial charge on any atom is 0.262 e. The average molecular weight is 327 g/mol. The Balaban J connectivity index is 1.81. The summed E-state index contributed by atoms with van der Waals surface area (Å²) in [6.07, 6.45) is 0.841. The van der Waals surface area contributed by atoms with Crippen LogP contribution in [0, 0.1) is 0 Å². The summed E-state index contributed by atoms with van der Waals surface area (Å²) in [7, 11) is 1.67. The minimum absolute atomic E-state index is 0.00911. The molecule has 2 rings (SSSR count). The van der Waals surface area contributed by atoms with Crippen LogP contribution in [0.4, 0.5) is 5.69 Å². The van der Waals surface area contributed by atoms with Crippen LogP contribution in [0.5, 0.6) is 5.75 Å². The SMILES string of the molecule is COCCc1ccc(OCC(=O)Nc2ccc(C(C)=O)cc2)cc1. The monoisotopic (exact) mass is 327 g/mol. The van der Waals surface area contributed by atoms with E-state index in [-0.39, 0.29) is 18.3 Å². The molecule has 0 bridgehead atoms. The highest BCUT2D eigenvalue weighted by Crippen LogP contribution is 2.13.